The van der Waals surface area contributed by atoms with E-state index in [0.29, 0.717) is 23.1 Å². The number of methoxy groups -OCH3 is 2. The highest BCUT2D eigenvalue weighted by Crippen LogP contribution is 2.24. The van der Waals surface area contributed by atoms with Gasteiger partial charge in [0.2, 0.25) is 0 Å². The summed E-state index contributed by atoms with van der Waals surface area (Å²) in [5.41, 5.74) is 7.25. The quantitative estimate of drug-likeness (QED) is 0.395. The summed E-state index contributed by atoms with van der Waals surface area (Å²) in [6.45, 7) is 2.12. The van der Waals surface area contributed by atoms with E-state index in [1.54, 1.807) is 26.5 Å². The Balaban J connectivity index is 1.58. The molecule has 8 nitrogen and oxygen atoms in total. The number of anilines is 1. The summed E-state index contributed by atoms with van der Waals surface area (Å²) in [6, 6.07) is 11.7. The molecule has 0 unspecified atom stereocenters. The number of ether oxygens (including phenoxy) is 2. The fourth-order valence-corrected chi connectivity index (χ4v) is 2.97. The van der Waals surface area contributed by atoms with E-state index in [-0.39, 0.29) is 0 Å². The Labute approximate surface area is 161 Å². The van der Waals surface area contributed by atoms with E-state index in [1.165, 1.54) is 5.56 Å². The van der Waals surface area contributed by atoms with Crippen molar-refractivity contribution in [1.82, 2.24) is 20.2 Å². The largest absolute Gasteiger partial charge is 0.497 e. The van der Waals surface area contributed by atoms with Gasteiger partial charge in [-0.2, -0.15) is 10.1 Å². The fraction of sp³-hybridized carbons (Fsp3) is 0.200. The smallest absolute Gasteiger partial charge is 0.265 e. The average molecular weight is 376 g/mol. The summed E-state index contributed by atoms with van der Waals surface area (Å²) in [6.07, 6.45) is 2.59. The molecule has 0 saturated heterocycles. The van der Waals surface area contributed by atoms with Crippen LogP contribution in [-0.2, 0) is 6.42 Å². The van der Waals surface area contributed by atoms with E-state index in [9.17, 15) is 0 Å². The molecule has 2 heterocycles. The molecule has 142 valence electrons. The van der Waals surface area contributed by atoms with Crippen LogP contribution in [0.4, 0.5) is 5.95 Å². The van der Waals surface area contributed by atoms with Crippen LogP contribution in [0.2, 0.25) is 0 Å². The first kappa shape index (κ1) is 17.7. The first-order chi connectivity index (χ1) is 13.7. The van der Waals surface area contributed by atoms with Crippen LogP contribution in [0.15, 0.2) is 41.5 Å². The SMILES string of the molecule is CCc1ccc2[nH]c3nc(N/N=C\c4ccc(OC)cc4OC)nnc3c2c1. The third-order valence-corrected chi connectivity index (χ3v) is 4.50. The molecule has 0 spiro atoms. The zero-order valence-corrected chi connectivity index (χ0v) is 15.9. The second kappa shape index (κ2) is 7.51. The van der Waals surface area contributed by atoms with Crippen molar-refractivity contribution < 1.29 is 9.47 Å². The lowest BCUT2D eigenvalue weighted by Crippen LogP contribution is -1.99. The molecule has 0 atom stereocenters. The summed E-state index contributed by atoms with van der Waals surface area (Å²) in [7, 11) is 3.21. The van der Waals surface area contributed by atoms with Gasteiger partial charge in [0.15, 0.2) is 5.65 Å². The number of hydrogen-bond donors (Lipinski definition) is 2. The highest BCUT2D eigenvalue weighted by Gasteiger charge is 2.09. The van der Waals surface area contributed by atoms with Crippen molar-refractivity contribution in [1.29, 1.82) is 0 Å². The van der Waals surface area contributed by atoms with Gasteiger partial charge in [-0.3, -0.25) is 0 Å². The van der Waals surface area contributed by atoms with Crippen molar-refractivity contribution >= 4 is 34.2 Å². The van der Waals surface area contributed by atoms with Gasteiger partial charge in [-0.15, -0.1) is 10.2 Å². The molecule has 2 N–H and O–H groups in total. The van der Waals surface area contributed by atoms with Gasteiger partial charge in [-0.25, -0.2) is 5.43 Å². The van der Waals surface area contributed by atoms with Crippen molar-refractivity contribution in [2.24, 2.45) is 5.10 Å². The summed E-state index contributed by atoms with van der Waals surface area (Å²) in [4.78, 5) is 7.73. The highest BCUT2D eigenvalue weighted by atomic mass is 16.5. The van der Waals surface area contributed by atoms with Crippen LogP contribution in [0.5, 0.6) is 11.5 Å². The number of rotatable bonds is 6. The number of nitrogens with one attached hydrogen (secondary N) is 2. The van der Waals surface area contributed by atoms with E-state index in [1.807, 2.05) is 18.2 Å². The molecular weight excluding hydrogens is 356 g/mol. The van der Waals surface area contributed by atoms with Gasteiger partial charge < -0.3 is 14.5 Å². The molecular formula is C20H20N6O2. The summed E-state index contributed by atoms with van der Waals surface area (Å²) in [5.74, 6) is 1.67. The summed E-state index contributed by atoms with van der Waals surface area (Å²) >= 11 is 0. The number of benzene rings is 2. The van der Waals surface area contributed by atoms with Crippen molar-refractivity contribution in [3.05, 3.63) is 47.5 Å². The maximum Gasteiger partial charge on any atom is 0.265 e. The number of hydrazone groups is 1. The van der Waals surface area contributed by atoms with E-state index in [0.717, 1.165) is 28.4 Å². The molecule has 0 aliphatic heterocycles. The molecule has 4 aromatic rings. The Bertz CT molecular complexity index is 1170. The Morgan fingerprint density at radius 3 is 2.79 bits per heavy atom. The van der Waals surface area contributed by atoms with Crippen LogP contribution in [0.25, 0.3) is 22.1 Å². The minimum absolute atomic E-state index is 0.304. The standard InChI is InChI=1S/C20H20N6O2/c1-4-12-5-8-16-15(9-12)18-19(22-16)23-20(26-24-18)25-21-11-13-6-7-14(27-2)10-17(13)28-3/h5-11H,4H2,1-3H3,(H2,22,23,25,26)/b21-11-. The van der Waals surface area contributed by atoms with Gasteiger partial charge in [-0.05, 0) is 36.2 Å². The monoisotopic (exact) mass is 376 g/mol. The molecule has 0 fully saturated rings. The van der Waals surface area contributed by atoms with Crippen molar-refractivity contribution in [3.8, 4) is 11.5 Å². The Hall–Kier alpha value is -3.68. The fourth-order valence-electron chi connectivity index (χ4n) is 2.97. The van der Waals surface area contributed by atoms with Crippen molar-refractivity contribution in [2.45, 2.75) is 13.3 Å². The normalized spacial score (nSPS) is 11.4. The average Bonchev–Trinajstić information content (AvgIpc) is 3.10. The molecule has 0 bridgehead atoms. The van der Waals surface area contributed by atoms with Gasteiger partial charge in [0.1, 0.15) is 17.0 Å². The minimum Gasteiger partial charge on any atom is -0.497 e. The lowest BCUT2D eigenvalue weighted by Gasteiger charge is -2.06. The van der Waals surface area contributed by atoms with Crippen LogP contribution in [0.1, 0.15) is 18.1 Å². The van der Waals surface area contributed by atoms with Crippen LogP contribution in [0, 0.1) is 0 Å². The Kier molecular flexibility index (Phi) is 4.76. The van der Waals surface area contributed by atoms with Gasteiger partial charge in [-0.1, -0.05) is 13.0 Å². The number of aryl methyl sites for hydroxylation is 1. The molecule has 0 saturated carbocycles. The van der Waals surface area contributed by atoms with E-state index in [4.69, 9.17) is 9.47 Å². The third kappa shape index (κ3) is 3.32. The number of aromatic nitrogens is 4. The van der Waals surface area contributed by atoms with E-state index >= 15 is 0 Å². The molecule has 0 amide bonds. The predicted octanol–water partition coefficient (Wildman–Crippen LogP) is 3.53. The van der Waals surface area contributed by atoms with Crippen molar-refractivity contribution in [2.75, 3.05) is 19.6 Å². The molecule has 2 aromatic carbocycles. The molecule has 0 aliphatic carbocycles. The molecule has 8 heteroatoms. The lowest BCUT2D eigenvalue weighted by molar-refractivity contribution is 0.394. The topological polar surface area (TPSA) is 97.3 Å². The summed E-state index contributed by atoms with van der Waals surface area (Å²) in [5, 5.41) is 13.6. The maximum absolute atomic E-state index is 5.35. The summed E-state index contributed by atoms with van der Waals surface area (Å²) < 4.78 is 10.5. The first-order valence-corrected chi connectivity index (χ1v) is 8.88. The zero-order chi connectivity index (χ0) is 19.5. The third-order valence-electron chi connectivity index (χ3n) is 4.50. The molecule has 2 aromatic heterocycles. The number of fused-ring (bicyclic) bond motifs is 3. The van der Waals surface area contributed by atoms with Gasteiger partial charge in [0, 0.05) is 22.5 Å². The second-order valence-corrected chi connectivity index (χ2v) is 6.17. The Morgan fingerprint density at radius 1 is 1.11 bits per heavy atom. The second-order valence-electron chi connectivity index (χ2n) is 6.17. The predicted molar refractivity (Wildman–Crippen MR) is 109 cm³/mol. The van der Waals surface area contributed by atoms with Crippen LogP contribution in [-0.4, -0.2) is 40.6 Å². The maximum atomic E-state index is 5.35. The number of H-pyrrole nitrogens is 1. The number of nitrogens with zero attached hydrogens (tertiary/aromatic N) is 4. The van der Waals surface area contributed by atoms with E-state index < -0.39 is 0 Å². The first-order valence-electron chi connectivity index (χ1n) is 8.88. The number of aromatic amines is 1. The minimum atomic E-state index is 0.304. The molecule has 0 radical (unpaired) electrons. The Morgan fingerprint density at radius 2 is 2.00 bits per heavy atom. The highest BCUT2D eigenvalue weighted by molar-refractivity contribution is 6.03. The van der Waals surface area contributed by atoms with E-state index in [2.05, 4.69) is 49.7 Å². The molecule has 0 aliphatic rings. The van der Waals surface area contributed by atoms with Crippen LogP contribution >= 0.6 is 0 Å². The zero-order valence-electron chi connectivity index (χ0n) is 15.9. The van der Waals surface area contributed by atoms with Crippen LogP contribution in [0.3, 0.4) is 0 Å². The van der Waals surface area contributed by atoms with Gasteiger partial charge in [0.25, 0.3) is 5.95 Å². The molecule has 4 rings (SSSR count). The van der Waals surface area contributed by atoms with Crippen LogP contribution < -0.4 is 14.9 Å². The van der Waals surface area contributed by atoms with Gasteiger partial charge >= 0.3 is 0 Å². The van der Waals surface area contributed by atoms with Crippen molar-refractivity contribution in [3.63, 3.8) is 0 Å². The van der Waals surface area contributed by atoms with Gasteiger partial charge in [0.05, 0.1) is 20.4 Å². The molecule has 28 heavy (non-hydrogen) atoms. The number of hydrogen-bond acceptors (Lipinski definition) is 7. The lowest BCUT2D eigenvalue weighted by atomic mass is 10.1.